The van der Waals surface area contributed by atoms with E-state index in [0.717, 1.165) is 25.2 Å². The van der Waals surface area contributed by atoms with E-state index in [1.807, 2.05) is 13.0 Å². The summed E-state index contributed by atoms with van der Waals surface area (Å²) in [5, 5.41) is 3.08. The van der Waals surface area contributed by atoms with E-state index in [1.54, 1.807) is 6.92 Å². The van der Waals surface area contributed by atoms with E-state index in [4.69, 9.17) is 4.74 Å². The van der Waals surface area contributed by atoms with Gasteiger partial charge in [-0.15, -0.1) is 0 Å². The third kappa shape index (κ3) is 4.88. The largest absolute Gasteiger partial charge is 0.465 e. The zero-order valence-electron chi connectivity index (χ0n) is 17.6. The molecule has 1 aromatic carbocycles. The van der Waals surface area contributed by atoms with Crippen LogP contribution in [0.15, 0.2) is 30.3 Å². The maximum Gasteiger partial charge on any atom is 0.339 e. The third-order valence-corrected chi connectivity index (χ3v) is 5.77. The minimum absolute atomic E-state index is 0.169. The van der Waals surface area contributed by atoms with Gasteiger partial charge in [-0.05, 0) is 43.9 Å². The Balaban J connectivity index is 1.67. The quantitative estimate of drug-likeness (QED) is 0.702. The predicted molar refractivity (Wildman–Crippen MR) is 113 cm³/mol. The van der Waals surface area contributed by atoms with Gasteiger partial charge in [0.25, 0.3) is 5.91 Å². The number of H-pyrrole nitrogens is 1. The fourth-order valence-corrected chi connectivity index (χ4v) is 4.15. The molecule has 2 N–H and O–H groups in total. The average Bonchev–Trinajstić information content (AvgIpc) is 3.09. The Hall–Kier alpha value is -2.60. The van der Waals surface area contributed by atoms with Gasteiger partial charge in [-0.1, -0.05) is 43.7 Å². The monoisotopic (exact) mass is 397 g/mol. The minimum atomic E-state index is -0.407. The lowest BCUT2D eigenvalue weighted by atomic mass is 10.0. The molecule has 1 saturated heterocycles. The van der Waals surface area contributed by atoms with Crippen molar-refractivity contribution in [3.63, 3.8) is 0 Å². The Bertz CT molecular complexity index is 845. The molecule has 1 amide bonds. The van der Waals surface area contributed by atoms with Crippen molar-refractivity contribution in [1.29, 1.82) is 0 Å². The number of nitrogens with one attached hydrogen (secondary N) is 2. The lowest BCUT2D eigenvalue weighted by Crippen LogP contribution is -2.46. The molecule has 1 atom stereocenters. The summed E-state index contributed by atoms with van der Waals surface area (Å²) in [5.41, 5.74) is 3.61. The zero-order chi connectivity index (χ0) is 20.8. The molecule has 0 radical (unpaired) electrons. The van der Waals surface area contributed by atoms with Crippen LogP contribution in [0, 0.1) is 6.92 Å². The molecule has 1 fully saturated rings. The van der Waals surface area contributed by atoms with E-state index in [1.165, 1.54) is 25.5 Å². The van der Waals surface area contributed by atoms with Crippen LogP contribution in [0.25, 0.3) is 0 Å². The van der Waals surface area contributed by atoms with Crippen LogP contribution in [0.5, 0.6) is 0 Å². The SMILES string of the molecule is CCc1[nH]c(C(=O)NCC2CCCCN2Cc2ccccc2)c(C)c1C(=O)OC. The second kappa shape index (κ2) is 9.74. The molecular weight excluding hydrogens is 366 g/mol. The van der Waals surface area contributed by atoms with Gasteiger partial charge in [0.1, 0.15) is 5.69 Å². The number of ether oxygens (including phenoxy) is 1. The van der Waals surface area contributed by atoms with Crippen LogP contribution < -0.4 is 5.32 Å². The minimum Gasteiger partial charge on any atom is -0.465 e. The van der Waals surface area contributed by atoms with E-state index in [9.17, 15) is 9.59 Å². The fourth-order valence-electron chi connectivity index (χ4n) is 4.15. The summed E-state index contributed by atoms with van der Waals surface area (Å²) < 4.78 is 4.88. The summed E-state index contributed by atoms with van der Waals surface area (Å²) in [7, 11) is 1.36. The number of hydrogen-bond acceptors (Lipinski definition) is 4. The summed E-state index contributed by atoms with van der Waals surface area (Å²) >= 11 is 0. The van der Waals surface area contributed by atoms with Crippen LogP contribution in [0.3, 0.4) is 0 Å². The zero-order valence-corrected chi connectivity index (χ0v) is 17.6. The molecule has 6 nitrogen and oxygen atoms in total. The highest BCUT2D eigenvalue weighted by molar-refractivity contribution is 6.00. The normalized spacial score (nSPS) is 17.1. The molecule has 0 saturated carbocycles. The number of piperidine rings is 1. The highest BCUT2D eigenvalue weighted by Crippen LogP contribution is 2.22. The van der Waals surface area contributed by atoms with Crippen LogP contribution >= 0.6 is 0 Å². The fraction of sp³-hybridized carbons (Fsp3) is 0.478. The Morgan fingerprint density at radius 3 is 2.69 bits per heavy atom. The van der Waals surface area contributed by atoms with Crippen LogP contribution in [0.4, 0.5) is 0 Å². The first-order valence-electron chi connectivity index (χ1n) is 10.4. The third-order valence-electron chi connectivity index (χ3n) is 5.77. The molecule has 3 rings (SSSR count). The number of aromatic amines is 1. The van der Waals surface area contributed by atoms with Crippen molar-refractivity contribution < 1.29 is 14.3 Å². The Morgan fingerprint density at radius 2 is 2.00 bits per heavy atom. The van der Waals surface area contributed by atoms with Gasteiger partial charge in [-0.25, -0.2) is 4.79 Å². The van der Waals surface area contributed by atoms with Crippen molar-refractivity contribution in [2.75, 3.05) is 20.2 Å². The Morgan fingerprint density at radius 1 is 1.24 bits per heavy atom. The molecule has 1 aliphatic rings. The highest BCUT2D eigenvalue weighted by atomic mass is 16.5. The molecule has 1 unspecified atom stereocenters. The van der Waals surface area contributed by atoms with Crippen LogP contribution in [-0.4, -0.2) is 48.0 Å². The standard InChI is InChI=1S/C23H31N3O3/c1-4-19-20(23(28)29-3)16(2)21(25-19)22(27)24-14-18-12-8-9-13-26(18)15-17-10-6-5-7-11-17/h5-7,10-11,18,25H,4,8-9,12-15H2,1-3H3,(H,24,27). The first-order valence-corrected chi connectivity index (χ1v) is 10.4. The number of likely N-dealkylation sites (tertiary alicyclic amines) is 1. The maximum atomic E-state index is 12.9. The van der Waals surface area contributed by atoms with E-state index < -0.39 is 5.97 Å². The number of carbonyl (C=O) groups is 2. The Kier molecular flexibility index (Phi) is 7.09. The topological polar surface area (TPSA) is 74.4 Å². The van der Waals surface area contributed by atoms with Crippen molar-refractivity contribution in [2.45, 2.75) is 52.1 Å². The second-order valence-electron chi connectivity index (χ2n) is 7.64. The van der Waals surface area contributed by atoms with Gasteiger partial charge in [-0.2, -0.15) is 0 Å². The lowest BCUT2D eigenvalue weighted by molar-refractivity contribution is 0.0599. The molecule has 156 valence electrons. The van der Waals surface area contributed by atoms with Gasteiger partial charge in [0.2, 0.25) is 0 Å². The Labute approximate surface area is 172 Å². The van der Waals surface area contributed by atoms with Gasteiger partial charge in [0, 0.05) is 24.8 Å². The summed E-state index contributed by atoms with van der Waals surface area (Å²) in [6, 6.07) is 10.8. The van der Waals surface area contributed by atoms with Crippen LogP contribution in [0.2, 0.25) is 0 Å². The maximum absolute atomic E-state index is 12.9. The van der Waals surface area contributed by atoms with Crippen molar-refractivity contribution in [3.8, 4) is 0 Å². The average molecular weight is 398 g/mol. The van der Waals surface area contributed by atoms with E-state index in [-0.39, 0.29) is 5.91 Å². The first-order chi connectivity index (χ1) is 14.0. The van der Waals surface area contributed by atoms with E-state index >= 15 is 0 Å². The number of aryl methyl sites for hydroxylation is 1. The number of hydrogen-bond donors (Lipinski definition) is 2. The van der Waals surface area contributed by atoms with Crippen molar-refractivity contribution >= 4 is 11.9 Å². The van der Waals surface area contributed by atoms with Crippen molar-refractivity contribution in [1.82, 2.24) is 15.2 Å². The summed E-state index contributed by atoms with van der Waals surface area (Å²) in [6.07, 6.45) is 4.08. The smallest absolute Gasteiger partial charge is 0.339 e. The van der Waals surface area contributed by atoms with Crippen LogP contribution in [-0.2, 0) is 17.7 Å². The number of benzene rings is 1. The van der Waals surface area contributed by atoms with E-state index in [2.05, 4.69) is 39.5 Å². The molecular formula is C23H31N3O3. The van der Waals surface area contributed by atoms with Gasteiger partial charge >= 0.3 is 5.97 Å². The number of esters is 1. The molecule has 2 aromatic rings. The van der Waals surface area contributed by atoms with Gasteiger partial charge < -0.3 is 15.0 Å². The number of aromatic nitrogens is 1. The first kappa shape index (κ1) is 21.1. The van der Waals surface area contributed by atoms with Crippen molar-refractivity contribution in [3.05, 3.63) is 58.4 Å². The molecule has 29 heavy (non-hydrogen) atoms. The summed E-state index contributed by atoms with van der Waals surface area (Å²) in [4.78, 5) is 30.5. The molecule has 0 bridgehead atoms. The molecule has 6 heteroatoms. The second-order valence-corrected chi connectivity index (χ2v) is 7.64. The van der Waals surface area contributed by atoms with Gasteiger partial charge in [-0.3, -0.25) is 9.69 Å². The molecule has 0 spiro atoms. The van der Waals surface area contributed by atoms with Crippen molar-refractivity contribution in [2.24, 2.45) is 0 Å². The predicted octanol–water partition coefficient (Wildman–Crippen LogP) is 3.46. The molecule has 1 aromatic heterocycles. The highest BCUT2D eigenvalue weighted by Gasteiger charge is 2.26. The van der Waals surface area contributed by atoms with Gasteiger partial charge in [0.05, 0.1) is 12.7 Å². The number of nitrogens with zero attached hydrogens (tertiary/aromatic N) is 1. The number of rotatable bonds is 7. The van der Waals surface area contributed by atoms with Crippen LogP contribution in [0.1, 0.15) is 63.9 Å². The van der Waals surface area contributed by atoms with E-state index in [0.29, 0.717) is 35.8 Å². The molecule has 0 aliphatic carbocycles. The number of carbonyl (C=O) groups excluding carboxylic acids is 2. The lowest BCUT2D eigenvalue weighted by Gasteiger charge is -2.35. The molecule has 2 heterocycles. The number of methoxy groups -OCH3 is 1. The summed E-state index contributed by atoms with van der Waals surface area (Å²) in [5.74, 6) is -0.575. The van der Waals surface area contributed by atoms with Gasteiger partial charge in [0.15, 0.2) is 0 Å². The summed E-state index contributed by atoms with van der Waals surface area (Å²) in [6.45, 7) is 6.28. The molecule has 1 aliphatic heterocycles. The number of amides is 1.